The number of carbonyl (C=O) groups is 2. The molecule has 5 heteroatoms. The van der Waals surface area contributed by atoms with Crippen molar-refractivity contribution in [3.63, 3.8) is 0 Å². The summed E-state index contributed by atoms with van der Waals surface area (Å²) in [5.74, 6) is 1.05. The maximum absolute atomic E-state index is 12.0. The quantitative estimate of drug-likeness (QED) is 0.815. The van der Waals surface area contributed by atoms with Crippen LogP contribution in [0.2, 0.25) is 0 Å². The van der Waals surface area contributed by atoms with Gasteiger partial charge in [0.05, 0.1) is 11.7 Å². The predicted molar refractivity (Wildman–Crippen MR) is 103 cm³/mol. The number of carbonyl (C=O) groups excluding carboxylic acids is 2. The Balaban J connectivity index is 1.85. The Morgan fingerprint density at radius 1 is 1.19 bits per heavy atom. The maximum Gasteiger partial charge on any atom is 0.220 e. The lowest BCUT2D eigenvalue weighted by Crippen LogP contribution is -2.37. The Labute approximate surface area is 157 Å². The molecule has 0 bridgehead atoms. The molecule has 144 valence electrons. The summed E-state index contributed by atoms with van der Waals surface area (Å²) < 4.78 is 0. The molecule has 1 fully saturated rings. The molecule has 1 heterocycles. The zero-order valence-electron chi connectivity index (χ0n) is 16.5. The van der Waals surface area contributed by atoms with Gasteiger partial charge in [-0.15, -0.1) is 0 Å². The van der Waals surface area contributed by atoms with Gasteiger partial charge in [0.1, 0.15) is 0 Å². The van der Waals surface area contributed by atoms with Crippen molar-refractivity contribution in [2.75, 3.05) is 6.54 Å². The second-order valence-electron chi connectivity index (χ2n) is 8.76. The van der Waals surface area contributed by atoms with Crippen LogP contribution in [0.3, 0.4) is 0 Å². The van der Waals surface area contributed by atoms with Crippen LogP contribution in [0.4, 0.5) is 0 Å². The highest BCUT2D eigenvalue weighted by Crippen LogP contribution is 2.36. The van der Waals surface area contributed by atoms with Crippen LogP contribution < -0.4 is 10.6 Å². The zero-order valence-corrected chi connectivity index (χ0v) is 16.5. The fourth-order valence-electron chi connectivity index (χ4n) is 3.74. The van der Waals surface area contributed by atoms with Gasteiger partial charge in [-0.2, -0.15) is 0 Å². The van der Waals surface area contributed by atoms with Gasteiger partial charge in [0, 0.05) is 26.1 Å². The Kier molecular flexibility index (Phi) is 7.18. The van der Waals surface area contributed by atoms with E-state index in [0.717, 1.165) is 37.9 Å². The molecule has 2 rings (SSSR count). The molecular formula is C21H33N3O2. The average molecular weight is 360 g/mol. The third kappa shape index (κ3) is 6.77. The monoisotopic (exact) mass is 359 g/mol. The first-order chi connectivity index (χ1) is 12.2. The normalized spacial score (nSPS) is 21.7. The SMILES string of the molecule is CC(=O)N[C@@H](c1ccccn1)C1CCC(CNC(=O)CC(C)(C)C)CC1. The van der Waals surface area contributed by atoms with Gasteiger partial charge in [-0.1, -0.05) is 26.8 Å². The van der Waals surface area contributed by atoms with Gasteiger partial charge in [0.2, 0.25) is 11.8 Å². The maximum atomic E-state index is 12.0. The summed E-state index contributed by atoms with van der Waals surface area (Å²) in [6.45, 7) is 8.56. The lowest BCUT2D eigenvalue weighted by Gasteiger charge is -2.34. The van der Waals surface area contributed by atoms with Crippen LogP contribution in [0.5, 0.6) is 0 Å². The fraction of sp³-hybridized carbons (Fsp3) is 0.667. The number of rotatable bonds is 6. The van der Waals surface area contributed by atoms with Gasteiger partial charge >= 0.3 is 0 Å². The molecule has 1 aliphatic rings. The minimum absolute atomic E-state index is 0.0165. The third-order valence-electron chi connectivity index (χ3n) is 5.01. The molecular weight excluding hydrogens is 326 g/mol. The predicted octanol–water partition coefficient (Wildman–Crippen LogP) is 3.62. The minimum atomic E-state index is -0.0230. The van der Waals surface area contributed by atoms with E-state index in [9.17, 15) is 9.59 Å². The number of hydrogen-bond donors (Lipinski definition) is 2. The third-order valence-corrected chi connectivity index (χ3v) is 5.01. The molecule has 2 amide bonds. The van der Waals surface area contributed by atoms with Gasteiger partial charge < -0.3 is 10.6 Å². The Bertz CT molecular complexity index is 587. The summed E-state index contributed by atoms with van der Waals surface area (Å²) in [7, 11) is 0. The van der Waals surface area contributed by atoms with Crippen molar-refractivity contribution in [3.8, 4) is 0 Å². The molecule has 0 aliphatic heterocycles. The van der Waals surface area contributed by atoms with E-state index >= 15 is 0 Å². The minimum Gasteiger partial charge on any atom is -0.356 e. The second kappa shape index (κ2) is 9.15. The molecule has 1 aliphatic carbocycles. The van der Waals surface area contributed by atoms with Gasteiger partial charge in [0.25, 0.3) is 0 Å². The molecule has 1 aromatic heterocycles. The summed E-state index contributed by atoms with van der Waals surface area (Å²) in [5, 5.41) is 6.18. The molecule has 1 saturated carbocycles. The molecule has 0 aromatic carbocycles. The number of amides is 2. The summed E-state index contributed by atoms with van der Waals surface area (Å²) in [6, 6.07) is 5.82. The van der Waals surface area contributed by atoms with E-state index in [-0.39, 0.29) is 23.3 Å². The second-order valence-corrected chi connectivity index (χ2v) is 8.76. The Hall–Kier alpha value is -1.91. The number of nitrogens with zero attached hydrogens (tertiary/aromatic N) is 1. The molecule has 0 spiro atoms. The van der Waals surface area contributed by atoms with E-state index < -0.39 is 0 Å². The van der Waals surface area contributed by atoms with Crippen molar-refractivity contribution < 1.29 is 9.59 Å². The van der Waals surface area contributed by atoms with Crippen molar-refractivity contribution in [2.24, 2.45) is 17.3 Å². The largest absolute Gasteiger partial charge is 0.356 e. The van der Waals surface area contributed by atoms with E-state index in [1.165, 1.54) is 0 Å². The lowest BCUT2D eigenvalue weighted by molar-refractivity contribution is -0.123. The van der Waals surface area contributed by atoms with Gasteiger partial charge in [-0.05, 0) is 55.1 Å². The van der Waals surface area contributed by atoms with Crippen molar-refractivity contribution >= 4 is 11.8 Å². The number of hydrogen-bond acceptors (Lipinski definition) is 3. The molecule has 5 nitrogen and oxygen atoms in total. The number of pyridine rings is 1. The smallest absolute Gasteiger partial charge is 0.220 e. The van der Waals surface area contributed by atoms with Crippen LogP contribution in [-0.4, -0.2) is 23.3 Å². The van der Waals surface area contributed by atoms with Crippen LogP contribution in [0.1, 0.15) is 71.5 Å². The van der Waals surface area contributed by atoms with E-state index in [0.29, 0.717) is 18.3 Å². The van der Waals surface area contributed by atoms with Gasteiger partial charge in [-0.3, -0.25) is 14.6 Å². The van der Waals surface area contributed by atoms with Crippen LogP contribution in [0.15, 0.2) is 24.4 Å². The topological polar surface area (TPSA) is 71.1 Å². The van der Waals surface area contributed by atoms with Crippen LogP contribution >= 0.6 is 0 Å². The summed E-state index contributed by atoms with van der Waals surface area (Å²) in [4.78, 5) is 28.1. The first kappa shape index (κ1) is 20.4. The first-order valence-electron chi connectivity index (χ1n) is 9.69. The molecule has 0 unspecified atom stereocenters. The highest BCUT2D eigenvalue weighted by molar-refractivity contribution is 5.76. The fourth-order valence-corrected chi connectivity index (χ4v) is 3.74. The van der Waals surface area contributed by atoms with E-state index in [2.05, 4.69) is 36.4 Å². The van der Waals surface area contributed by atoms with Crippen LogP contribution in [0, 0.1) is 17.3 Å². The molecule has 1 aromatic rings. The van der Waals surface area contributed by atoms with Crippen molar-refractivity contribution in [3.05, 3.63) is 30.1 Å². The highest BCUT2D eigenvalue weighted by Gasteiger charge is 2.30. The van der Waals surface area contributed by atoms with Crippen LogP contribution in [-0.2, 0) is 9.59 Å². The summed E-state index contributed by atoms with van der Waals surface area (Å²) >= 11 is 0. The molecule has 1 atom stereocenters. The van der Waals surface area contributed by atoms with Gasteiger partial charge in [0.15, 0.2) is 0 Å². The summed E-state index contributed by atoms with van der Waals surface area (Å²) in [5.41, 5.74) is 0.959. The standard InChI is InChI=1S/C21H33N3O2/c1-15(25)24-20(18-7-5-6-12-22-18)17-10-8-16(9-11-17)14-23-19(26)13-21(2,3)4/h5-7,12,16-17,20H,8-11,13-14H2,1-4H3,(H,23,26)(H,24,25)/t16?,17?,20-/m1/s1. The van der Waals surface area contributed by atoms with E-state index in [1.807, 2.05) is 18.2 Å². The van der Waals surface area contributed by atoms with E-state index in [4.69, 9.17) is 0 Å². The molecule has 0 radical (unpaired) electrons. The van der Waals surface area contributed by atoms with Crippen molar-refractivity contribution in [1.82, 2.24) is 15.6 Å². The summed E-state index contributed by atoms with van der Waals surface area (Å²) in [6.07, 6.45) is 6.57. The first-order valence-corrected chi connectivity index (χ1v) is 9.69. The van der Waals surface area contributed by atoms with Crippen LogP contribution in [0.25, 0.3) is 0 Å². The lowest BCUT2D eigenvalue weighted by atomic mass is 9.77. The molecule has 0 saturated heterocycles. The molecule has 26 heavy (non-hydrogen) atoms. The van der Waals surface area contributed by atoms with Crippen molar-refractivity contribution in [1.29, 1.82) is 0 Å². The Morgan fingerprint density at radius 2 is 1.88 bits per heavy atom. The average Bonchev–Trinajstić information content (AvgIpc) is 2.57. The van der Waals surface area contributed by atoms with Crippen molar-refractivity contribution in [2.45, 2.75) is 65.8 Å². The van der Waals surface area contributed by atoms with Gasteiger partial charge in [-0.25, -0.2) is 0 Å². The number of nitrogens with one attached hydrogen (secondary N) is 2. The van der Waals surface area contributed by atoms with E-state index in [1.54, 1.807) is 13.1 Å². The molecule has 2 N–H and O–H groups in total. The zero-order chi connectivity index (χ0) is 19.2. The highest BCUT2D eigenvalue weighted by atomic mass is 16.2. The number of aromatic nitrogens is 1. The Morgan fingerprint density at radius 3 is 2.42 bits per heavy atom.